The molecule has 0 aliphatic carbocycles. The van der Waals surface area contributed by atoms with E-state index < -0.39 is 0 Å². The predicted octanol–water partition coefficient (Wildman–Crippen LogP) is 2.26. The number of aromatic nitrogens is 4. The fourth-order valence-corrected chi connectivity index (χ4v) is 2.88. The quantitative estimate of drug-likeness (QED) is 0.675. The number of thioether (sulfide) groups is 1. The van der Waals surface area contributed by atoms with Crippen LogP contribution in [0.25, 0.3) is 5.78 Å². The van der Waals surface area contributed by atoms with Crippen molar-refractivity contribution < 1.29 is 14.3 Å². The minimum atomic E-state index is -0.384. The molecule has 0 radical (unpaired) electrons. The summed E-state index contributed by atoms with van der Waals surface area (Å²) in [5.41, 5.74) is 0.625. The van der Waals surface area contributed by atoms with Gasteiger partial charge in [-0.15, -0.1) is 5.10 Å². The number of hydrogen-bond acceptors (Lipinski definition) is 7. The van der Waals surface area contributed by atoms with E-state index >= 15 is 0 Å². The Morgan fingerprint density at radius 1 is 1.28 bits per heavy atom. The fourth-order valence-electron chi connectivity index (χ4n) is 2.13. The summed E-state index contributed by atoms with van der Waals surface area (Å²) in [6.07, 6.45) is 3.40. The van der Waals surface area contributed by atoms with E-state index in [0.29, 0.717) is 28.1 Å². The van der Waals surface area contributed by atoms with E-state index in [9.17, 15) is 4.79 Å². The monoisotopic (exact) mass is 359 g/mol. The van der Waals surface area contributed by atoms with E-state index in [2.05, 4.69) is 20.4 Å². The zero-order valence-corrected chi connectivity index (χ0v) is 14.8. The molecule has 0 spiro atoms. The van der Waals surface area contributed by atoms with Crippen molar-refractivity contribution in [3.63, 3.8) is 0 Å². The molecule has 0 bridgehead atoms. The molecule has 1 aromatic carbocycles. The van der Waals surface area contributed by atoms with Crippen molar-refractivity contribution in [3.05, 3.63) is 36.7 Å². The number of ether oxygens (including phenoxy) is 2. The summed E-state index contributed by atoms with van der Waals surface area (Å²) < 4.78 is 12.0. The molecule has 1 N–H and O–H groups in total. The van der Waals surface area contributed by atoms with Crippen molar-refractivity contribution in [2.75, 3.05) is 19.5 Å². The molecule has 0 aliphatic heterocycles. The van der Waals surface area contributed by atoms with Gasteiger partial charge in [0.05, 0.1) is 19.5 Å². The minimum absolute atomic E-state index is 0.163. The molecule has 3 aromatic rings. The van der Waals surface area contributed by atoms with Gasteiger partial charge in [-0.2, -0.15) is 4.98 Å². The van der Waals surface area contributed by atoms with Crippen LogP contribution in [0.4, 0.5) is 5.69 Å². The molecule has 0 fully saturated rings. The van der Waals surface area contributed by atoms with Crippen LogP contribution in [0.2, 0.25) is 0 Å². The van der Waals surface area contributed by atoms with Crippen molar-refractivity contribution >= 4 is 29.1 Å². The normalized spacial score (nSPS) is 12.0. The number of anilines is 1. The molecule has 9 heteroatoms. The first kappa shape index (κ1) is 17.0. The molecule has 2 aromatic heterocycles. The fraction of sp³-hybridized carbons (Fsp3) is 0.250. The lowest BCUT2D eigenvalue weighted by molar-refractivity contribution is -0.115. The maximum Gasteiger partial charge on any atom is 0.253 e. The van der Waals surface area contributed by atoms with Crippen molar-refractivity contribution in [2.45, 2.75) is 17.3 Å². The molecule has 0 unspecified atom stereocenters. The third-order valence-corrected chi connectivity index (χ3v) is 4.35. The molecular weight excluding hydrogens is 342 g/mol. The molecule has 8 nitrogen and oxygen atoms in total. The average Bonchev–Trinajstić information content (AvgIpc) is 3.03. The topological polar surface area (TPSA) is 90.6 Å². The molecular formula is C16H17N5O3S. The van der Waals surface area contributed by atoms with E-state index in [-0.39, 0.29) is 11.2 Å². The number of amides is 1. The van der Waals surface area contributed by atoms with Crippen LogP contribution in [0, 0.1) is 0 Å². The molecule has 0 aliphatic rings. The molecule has 2 heterocycles. The van der Waals surface area contributed by atoms with E-state index in [1.165, 1.54) is 11.8 Å². The Hall–Kier alpha value is -2.81. The number of carbonyl (C=O) groups excluding carboxylic acids is 1. The van der Waals surface area contributed by atoms with E-state index in [4.69, 9.17) is 9.47 Å². The van der Waals surface area contributed by atoms with Crippen molar-refractivity contribution in [1.29, 1.82) is 0 Å². The molecule has 0 saturated heterocycles. The molecule has 0 saturated carbocycles. The lowest BCUT2D eigenvalue weighted by atomic mass is 10.2. The second-order valence-electron chi connectivity index (χ2n) is 5.08. The summed E-state index contributed by atoms with van der Waals surface area (Å²) in [6.45, 7) is 1.79. The number of rotatable bonds is 6. The largest absolute Gasteiger partial charge is 0.493 e. The summed E-state index contributed by atoms with van der Waals surface area (Å²) in [5, 5.41) is 7.24. The number of hydrogen-bond donors (Lipinski definition) is 1. The maximum absolute atomic E-state index is 12.4. The van der Waals surface area contributed by atoms with Gasteiger partial charge in [-0.1, -0.05) is 11.8 Å². The minimum Gasteiger partial charge on any atom is -0.493 e. The number of benzene rings is 1. The van der Waals surface area contributed by atoms with E-state index in [1.807, 2.05) is 0 Å². The van der Waals surface area contributed by atoms with Gasteiger partial charge in [0.1, 0.15) is 0 Å². The Morgan fingerprint density at radius 3 is 2.80 bits per heavy atom. The first-order valence-corrected chi connectivity index (χ1v) is 8.35. The second kappa shape index (κ2) is 7.39. The third-order valence-electron chi connectivity index (χ3n) is 3.40. The second-order valence-corrected chi connectivity index (χ2v) is 6.39. The Labute approximate surface area is 148 Å². The van der Waals surface area contributed by atoms with E-state index in [0.717, 1.165) is 0 Å². The highest BCUT2D eigenvalue weighted by molar-refractivity contribution is 8.00. The van der Waals surface area contributed by atoms with Gasteiger partial charge in [0.2, 0.25) is 11.1 Å². The van der Waals surface area contributed by atoms with Gasteiger partial charge >= 0.3 is 0 Å². The van der Waals surface area contributed by atoms with Gasteiger partial charge in [0.25, 0.3) is 5.78 Å². The van der Waals surface area contributed by atoms with Crippen molar-refractivity contribution in [1.82, 2.24) is 19.6 Å². The Bertz CT molecular complexity index is 865. The highest BCUT2D eigenvalue weighted by atomic mass is 32.2. The summed E-state index contributed by atoms with van der Waals surface area (Å²) in [5.74, 6) is 1.49. The predicted molar refractivity (Wildman–Crippen MR) is 94.3 cm³/mol. The lowest BCUT2D eigenvalue weighted by Crippen LogP contribution is -2.22. The Balaban J connectivity index is 1.68. The zero-order valence-electron chi connectivity index (χ0n) is 14.0. The summed E-state index contributed by atoms with van der Waals surface area (Å²) >= 11 is 1.26. The van der Waals surface area contributed by atoms with Crippen LogP contribution in [-0.4, -0.2) is 45.0 Å². The first-order valence-electron chi connectivity index (χ1n) is 7.47. The molecule has 130 valence electrons. The first-order chi connectivity index (χ1) is 12.1. The van der Waals surface area contributed by atoms with Crippen LogP contribution in [-0.2, 0) is 4.79 Å². The van der Waals surface area contributed by atoms with Crippen molar-refractivity contribution in [2.24, 2.45) is 0 Å². The van der Waals surface area contributed by atoms with Gasteiger partial charge in [0.15, 0.2) is 11.5 Å². The van der Waals surface area contributed by atoms with E-state index in [1.54, 1.807) is 62.3 Å². The number of methoxy groups -OCH3 is 2. The third kappa shape index (κ3) is 3.82. The standard InChI is InChI=1S/C16H17N5O3S/c1-10(25-16-19-15-17-7-4-8-21(15)20-16)14(22)18-11-5-6-12(23-2)13(9-11)24-3/h4-10H,1-3H3,(H,18,22)/t10-/m0/s1. The average molecular weight is 359 g/mol. The maximum atomic E-state index is 12.4. The smallest absolute Gasteiger partial charge is 0.253 e. The van der Waals surface area contributed by atoms with Gasteiger partial charge < -0.3 is 14.8 Å². The lowest BCUT2D eigenvalue weighted by Gasteiger charge is -2.12. The van der Waals surface area contributed by atoms with Crippen LogP contribution >= 0.6 is 11.8 Å². The SMILES string of the molecule is COc1ccc(NC(=O)[C@H](C)Sc2nc3ncccn3n2)cc1OC. The van der Waals surface area contributed by atoms with Crippen LogP contribution in [0.5, 0.6) is 11.5 Å². The zero-order chi connectivity index (χ0) is 17.8. The van der Waals surface area contributed by atoms with Gasteiger partial charge in [-0.05, 0) is 25.1 Å². The number of nitrogens with zero attached hydrogens (tertiary/aromatic N) is 4. The van der Waals surface area contributed by atoms with Crippen LogP contribution in [0.1, 0.15) is 6.92 Å². The number of fused-ring (bicyclic) bond motifs is 1. The van der Waals surface area contributed by atoms with Gasteiger partial charge in [-0.3, -0.25) is 4.79 Å². The van der Waals surface area contributed by atoms with Crippen molar-refractivity contribution in [3.8, 4) is 11.5 Å². The van der Waals surface area contributed by atoms with Crippen LogP contribution in [0.3, 0.4) is 0 Å². The number of carbonyl (C=O) groups is 1. The highest BCUT2D eigenvalue weighted by Crippen LogP contribution is 2.30. The van der Waals surface area contributed by atoms with Gasteiger partial charge in [0, 0.05) is 24.1 Å². The Morgan fingerprint density at radius 2 is 2.08 bits per heavy atom. The molecule has 3 rings (SSSR count). The van der Waals surface area contributed by atoms with Gasteiger partial charge in [-0.25, -0.2) is 9.50 Å². The molecule has 1 amide bonds. The van der Waals surface area contributed by atoms with Crippen LogP contribution in [0.15, 0.2) is 41.8 Å². The van der Waals surface area contributed by atoms with Crippen LogP contribution < -0.4 is 14.8 Å². The summed E-state index contributed by atoms with van der Waals surface area (Å²) in [4.78, 5) is 20.8. The molecule has 1 atom stereocenters. The molecule has 25 heavy (non-hydrogen) atoms. The summed E-state index contributed by atoms with van der Waals surface area (Å²) in [7, 11) is 3.11. The highest BCUT2D eigenvalue weighted by Gasteiger charge is 2.18. The number of nitrogens with one attached hydrogen (secondary N) is 1. The summed E-state index contributed by atoms with van der Waals surface area (Å²) in [6, 6.07) is 6.97. The Kier molecular flexibility index (Phi) is 5.03.